The average Bonchev–Trinajstić information content (AvgIpc) is 3.32. The quantitative estimate of drug-likeness (QED) is 0.420. The highest BCUT2D eigenvalue weighted by molar-refractivity contribution is 5.95. The van der Waals surface area contributed by atoms with Crippen LogP contribution >= 0.6 is 0 Å². The first-order valence-electron chi connectivity index (χ1n) is 13.3. The summed E-state index contributed by atoms with van der Waals surface area (Å²) in [6, 6.07) is 9.47. The van der Waals surface area contributed by atoms with Crippen LogP contribution in [0.2, 0.25) is 0 Å². The molecule has 0 radical (unpaired) electrons. The topological polar surface area (TPSA) is 171 Å². The lowest BCUT2D eigenvalue weighted by molar-refractivity contribution is -0.133. The van der Waals surface area contributed by atoms with Gasteiger partial charge < -0.3 is 30.2 Å². The van der Waals surface area contributed by atoms with E-state index in [9.17, 15) is 19.2 Å². The number of nitrogens with one attached hydrogen (secondary N) is 1. The summed E-state index contributed by atoms with van der Waals surface area (Å²) in [6.07, 6.45) is 0.505. The lowest BCUT2D eigenvalue weighted by atomic mass is 9.87. The molecule has 5 heterocycles. The number of pyridine rings is 3. The van der Waals surface area contributed by atoms with Gasteiger partial charge in [-0.15, -0.1) is 0 Å². The van der Waals surface area contributed by atoms with Gasteiger partial charge in [-0.3, -0.25) is 23.9 Å². The van der Waals surface area contributed by atoms with Crippen LogP contribution in [0.4, 0.5) is 16.4 Å². The summed E-state index contributed by atoms with van der Waals surface area (Å²) >= 11 is 0. The Morgan fingerprint density at radius 2 is 1.98 bits per heavy atom. The maximum absolute atomic E-state index is 13.0. The number of fused-ring (bicyclic) bond motifs is 3. The van der Waals surface area contributed by atoms with E-state index in [2.05, 4.69) is 15.3 Å². The molecule has 14 heteroatoms. The first-order chi connectivity index (χ1) is 19.9. The molecule has 214 valence electrons. The van der Waals surface area contributed by atoms with Crippen LogP contribution in [0, 0.1) is 0 Å². The van der Waals surface area contributed by atoms with Crippen LogP contribution in [0.1, 0.15) is 19.3 Å². The summed E-state index contributed by atoms with van der Waals surface area (Å²) in [4.78, 5) is 62.5. The van der Waals surface area contributed by atoms with Gasteiger partial charge in [0.15, 0.2) is 18.2 Å². The Morgan fingerprint density at radius 3 is 2.78 bits per heavy atom. The minimum Gasteiger partial charge on any atom is -0.481 e. The minimum atomic E-state index is -0.546. The highest BCUT2D eigenvalue weighted by atomic mass is 16.6. The lowest BCUT2D eigenvalue weighted by Crippen LogP contribution is -2.51. The first kappa shape index (κ1) is 26.5. The van der Waals surface area contributed by atoms with E-state index in [4.69, 9.17) is 19.9 Å². The molecule has 14 nitrogen and oxygen atoms in total. The van der Waals surface area contributed by atoms with Crippen LogP contribution in [-0.2, 0) is 20.9 Å². The van der Waals surface area contributed by atoms with Gasteiger partial charge >= 0.3 is 6.09 Å². The summed E-state index contributed by atoms with van der Waals surface area (Å²) in [6.45, 7) is 0.134. The standard InChI is InChI=1S/C27H29N7O7/c1-39-22-8-2-15-3-9-23(36)33(26(15)31-22)11-10-32(24(37)13-28)16-4-5-17-19(12-16)41-27(38)34(17)20-7-6-18-25(29-20)30-21(35)14-40-18/h2-3,6-9,16-17,19H,4-5,10-14,28H2,1H3,(H,29,30,35)/t16-,17-,19?/m0/s1. The Morgan fingerprint density at radius 1 is 1.15 bits per heavy atom. The minimum absolute atomic E-state index is 0.0935. The van der Waals surface area contributed by atoms with Crippen molar-refractivity contribution in [3.05, 3.63) is 46.8 Å². The Labute approximate surface area is 234 Å². The van der Waals surface area contributed by atoms with Crippen LogP contribution < -0.4 is 31.0 Å². The summed E-state index contributed by atoms with van der Waals surface area (Å²) in [5, 5.41) is 3.42. The molecule has 2 aliphatic heterocycles. The van der Waals surface area contributed by atoms with Gasteiger partial charge in [-0.05, 0) is 37.1 Å². The molecule has 1 saturated heterocycles. The third kappa shape index (κ3) is 4.90. The number of hydrogen-bond acceptors (Lipinski definition) is 10. The zero-order valence-electron chi connectivity index (χ0n) is 22.3. The molecular formula is C27H29N7O7. The first-order valence-corrected chi connectivity index (χ1v) is 13.3. The molecule has 0 bridgehead atoms. The third-order valence-corrected chi connectivity index (χ3v) is 7.73. The van der Waals surface area contributed by atoms with Gasteiger partial charge in [0.1, 0.15) is 17.6 Å². The van der Waals surface area contributed by atoms with E-state index in [1.165, 1.54) is 22.6 Å². The van der Waals surface area contributed by atoms with Crippen molar-refractivity contribution in [3.63, 3.8) is 0 Å². The van der Waals surface area contributed by atoms with Crippen molar-refractivity contribution in [2.45, 2.75) is 44.0 Å². The normalized spacial score (nSPS) is 21.4. The van der Waals surface area contributed by atoms with Crippen LogP contribution in [0.3, 0.4) is 0 Å². The summed E-state index contributed by atoms with van der Waals surface area (Å²) < 4.78 is 17.9. The fourth-order valence-electron chi connectivity index (χ4n) is 5.78. The number of nitrogens with zero attached hydrogens (tertiary/aromatic N) is 5. The van der Waals surface area contributed by atoms with Crippen LogP contribution in [0.25, 0.3) is 11.0 Å². The average molecular weight is 564 g/mol. The third-order valence-electron chi connectivity index (χ3n) is 7.73. The number of amides is 3. The number of carbonyl (C=O) groups is 3. The highest BCUT2D eigenvalue weighted by Crippen LogP contribution is 2.38. The molecule has 41 heavy (non-hydrogen) atoms. The molecule has 1 aliphatic carbocycles. The second-order valence-electron chi connectivity index (χ2n) is 10.1. The molecule has 3 aromatic rings. The molecule has 1 saturated carbocycles. The van der Waals surface area contributed by atoms with Crippen molar-refractivity contribution >= 4 is 40.6 Å². The van der Waals surface area contributed by atoms with E-state index < -0.39 is 12.2 Å². The second kappa shape index (κ2) is 10.7. The Hall–Kier alpha value is -4.72. The van der Waals surface area contributed by atoms with Crippen LogP contribution in [0.15, 0.2) is 41.2 Å². The van der Waals surface area contributed by atoms with E-state index in [1.54, 1.807) is 29.2 Å². The lowest BCUT2D eigenvalue weighted by Gasteiger charge is -2.39. The number of carbonyl (C=O) groups excluding carboxylic acids is 3. The molecule has 3 atom stereocenters. The Kier molecular flexibility index (Phi) is 6.91. The van der Waals surface area contributed by atoms with Crippen LogP contribution in [-0.4, -0.2) is 82.3 Å². The van der Waals surface area contributed by atoms with E-state index >= 15 is 0 Å². The fraction of sp³-hybridized carbons (Fsp3) is 0.407. The maximum atomic E-state index is 13.0. The number of hydrogen-bond donors (Lipinski definition) is 2. The number of ether oxygens (including phenoxy) is 3. The second-order valence-corrected chi connectivity index (χ2v) is 10.1. The Balaban J connectivity index is 1.20. The number of anilines is 2. The molecule has 3 aliphatic rings. The van der Waals surface area contributed by atoms with Crippen LogP contribution in [0.5, 0.6) is 11.6 Å². The molecule has 3 aromatic heterocycles. The predicted octanol–water partition coefficient (Wildman–Crippen LogP) is 0.865. The molecular weight excluding hydrogens is 534 g/mol. The Bertz CT molecular complexity index is 1590. The van der Waals surface area contributed by atoms with E-state index in [1.807, 2.05) is 6.07 Å². The van der Waals surface area contributed by atoms with Crippen molar-refractivity contribution in [2.24, 2.45) is 5.73 Å². The van der Waals surface area contributed by atoms with E-state index in [0.29, 0.717) is 42.4 Å². The molecule has 1 unspecified atom stereocenters. The molecule has 0 aromatic carbocycles. The van der Waals surface area contributed by atoms with Gasteiger partial charge in [0.25, 0.3) is 11.5 Å². The number of aromatic nitrogens is 3. The summed E-state index contributed by atoms with van der Waals surface area (Å²) in [7, 11) is 1.50. The molecule has 0 spiro atoms. The predicted molar refractivity (Wildman–Crippen MR) is 146 cm³/mol. The molecule has 6 rings (SSSR count). The van der Waals surface area contributed by atoms with Gasteiger partial charge in [-0.1, -0.05) is 0 Å². The summed E-state index contributed by atoms with van der Waals surface area (Å²) in [5.74, 6) is 0.810. The van der Waals surface area contributed by atoms with Crippen molar-refractivity contribution in [2.75, 3.05) is 37.0 Å². The van der Waals surface area contributed by atoms with Crippen molar-refractivity contribution in [1.29, 1.82) is 0 Å². The van der Waals surface area contributed by atoms with Gasteiger partial charge in [-0.2, -0.15) is 4.98 Å². The largest absolute Gasteiger partial charge is 0.481 e. The van der Waals surface area contributed by atoms with Crippen molar-refractivity contribution in [3.8, 4) is 11.6 Å². The van der Waals surface area contributed by atoms with Gasteiger partial charge in [0.2, 0.25) is 11.8 Å². The zero-order valence-corrected chi connectivity index (χ0v) is 22.3. The van der Waals surface area contributed by atoms with E-state index in [0.717, 1.165) is 5.39 Å². The zero-order chi connectivity index (χ0) is 28.7. The smallest absolute Gasteiger partial charge is 0.416 e. The van der Waals surface area contributed by atoms with Gasteiger partial charge in [0.05, 0.1) is 19.7 Å². The van der Waals surface area contributed by atoms with Crippen molar-refractivity contribution in [1.82, 2.24) is 19.4 Å². The maximum Gasteiger partial charge on any atom is 0.416 e. The van der Waals surface area contributed by atoms with Crippen molar-refractivity contribution < 1.29 is 28.6 Å². The number of nitrogens with two attached hydrogens (primary N) is 1. The van der Waals surface area contributed by atoms with Gasteiger partial charge in [0, 0.05) is 43.1 Å². The fourth-order valence-corrected chi connectivity index (χ4v) is 5.78. The molecule has 3 amide bonds. The highest BCUT2D eigenvalue weighted by Gasteiger charge is 2.48. The van der Waals surface area contributed by atoms with E-state index in [-0.39, 0.29) is 61.5 Å². The SMILES string of the molecule is COc1ccc2ccc(=O)n(CCN(C(=O)CN)[C@H]3CC[C@H]4C(C3)OC(=O)N4c3ccc4c(n3)NC(=O)CO4)c2n1. The number of methoxy groups -OCH3 is 1. The number of rotatable bonds is 7. The van der Waals surface area contributed by atoms with Gasteiger partial charge in [-0.25, -0.2) is 9.78 Å². The monoisotopic (exact) mass is 563 g/mol. The molecule has 3 N–H and O–H groups in total. The molecule has 2 fully saturated rings. The summed E-state index contributed by atoms with van der Waals surface area (Å²) in [5.41, 5.74) is 5.98.